The third kappa shape index (κ3) is 5.39. The van der Waals surface area contributed by atoms with Crippen molar-refractivity contribution in [1.82, 2.24) is 15.0 Å². The second kappa shape index (κ2) is 9.89. The Bertz CT molecular complexity index is 1550. The lowest BCUT2D eigenvalue weighted by Gasteiger charge is -2.29. The molecule has 0 bridgehead atoms. The van der Waals surface area contributed by atoms with Crippen molar-refractivity contribution in [1.29, 1.82) is 0 Å². The predicted octanol–water partition coefficient (Wildman–Crippen LogP) is 5.88. The van der Waals surface area contributed by atoms with Crippen LogP contribution in [0.2, 0.25) is 0 Å². The number of benzene rings is 2. The standard InChI is InChI=1S/C25H18F3IN4O3S/c26-25(27,28)16-3-5-18(21(12-16)15-2-7-23(29)32-14-15)19-8-11-36-22-13-17(4-6-20(19)22)37(34,35)33-24-30-9-1-10-31-24/h1-7,9-10,12-14,19H,8,11H2,(H,30,31,33)/t19-/m1/s1. The van der Waals surface area contributed by atoms with Crippen LogP contribution in [0.5, 0.6) is 5.75 Å². The van der Waals surface area contributed by atoms with Gasteiger partial charge in [-0.1, -0.05) is 18.2 Å². The summed E-state index contributed by atoms with van der Waals surface area (Å²) in [4.78, 5) is 12.0. The zero-order chi connectivity index (χ0) is 26.2. The lowest BCUT2D eigenvalue weighted by atomic mass is 9.82. The normalized spacial score (nSPS) is 15.5. The van der Waals surface area contributed by atoms with Gasteiger partial charge in [-0.2, -0.15) is 13.2 Å². The molecule has 2 aromatic carbocycles. The second-order valence-corrected chi connectivity index (χ2v) is 11.0. The Balaban J connectivity index is 1.56. The molecule has 0 spiro atoms. The van der Waals surface area contributed by atoms with Crippen LogP contribution in [0, 0.1) is 3.70 Å². The van der Waals surface area contributed by atoms with Crippen LogP contribution in [0.25, 0.3) is 11.1 Å². The van der Waals surface area contributed by atoms with Crippen LogP contribution in [0.4, 0.5) is 19.1 Å². The van der Waals surface area contributed by atoms with Crippen molar-refractivity contribution in [3.63, 3.8) is 0 Å². The highest BCUT2D eigenvalue weighted by molar-refractivity contribution is 14.1. The number of alkyl halides is 3. The maximum absolute atomic E-state index is 13.6. The van der Waals surface area contributed by atoms with E-state index in [2.05, 4.69) is 19.7 Å². The minimum absolute atomic E-state index is 0.0474. The average Bonchev–Trinajstić information content (AvgIpc) is 2.88. The highest BCUT2D eigenvalue weighted by Crippen LogP contribution is 2.44. The fraction of sp³-hybridized carbons (Fsp3) is 0.160. The summed E-state index contributed by atoms with van der Waals surface area (Å²) in [6, 6.07) is 13.2. The van der Waals surface area contributed by atoms with E-state index in [9.17, 15) is 21.6 Å². The average molecular weight is 638 g/mol. The number of hydrogen-bond donors (Lipinski definition) is 1. The molecule has 5 rings (SSSR count). The summed E-state index contributed by atoms with van der Waals surface area (Å²) in [7, 11) is -4.00. The van der Waals surface area contributed by atoms with E-state index >= 15 is 0 Å². The fourth-order valence-corrected chi connectivity index (χ4v) is 5.50. The van der Waals surface area contributed by atoms with Crippen molar-refractivity contribution in [2.75, 3.05) is 11.3 Å². The van der Waals surface area contributed by atoms with Gasteiger partial charge in [0.2, 0.25) is 5.95 Å². The smallest absolute Gasteiger partial charge is 0.416 e. The zero-order valence-corrected chi connectivity index (χ0v) is 21.9. The van der Waals surface area contributed by atoms with Crippen LogP contribution in [0.3, 0.4) is 0 Å². The summed E-state index contributed by atoms with van der Waals surface area (Å²) in [6.07, 6.45) is 0.377. The van der Waals surface area contributed by atoms with E-state index in [1.54, 1.807) is 30.5 Å². The van der Waals surface area contributed by atoms with Crippen molar-refractivity contribution >= 4 is 38.6 Å². The molecule has 0 unspecified atom stereocenters. The first-order valence-corrected chi connectivity index (χ1v) is 13.6. The SMILES string of the molecule is O=S(=O)(Nc1ncccn1)c1ccc2c(c1)OCC[C@@H]2c1ccc(C(F)(F)F)cc1-c1ccc(I)nc1. The molecule has 1 aliphatic rings. The Labute approximate surface area is 224 Å². The minimum atomic E-state index is -4.50. The van der Waals surface area contributed by atoms with Gasteiger partial charge in [0, 0.05) is 41.7 Å². The number of hydrogen-bond acceptors (Lipinski definition) is 6. The molecular weight excluding hydrogens is 620 g/mol. The summed E-state index contributed by atoms with van der Waals surface area (Å²) in [5, 5.41) is 0. The summed E-state index contributed by atoms with van der Waals surface area (Å²) in [5.41, 5.74) is 1.57. The summed E-state index contributed by atoms with van der Waals surface area (Å²) >= 11 is 2.03. The predicted molar refractivity (Wildman–Crippen MR) is 139 cm³/mol. The Morgan fingerprint density at radius 2 is 1.73 bits per heavy atom. The summed E-state index contributed by atoms with van der Waals surface area (Å²) in [6.45, 7) is 0.266. The van der Waals surface area contributed by atoms with Crippen LogP contribution in [0.15, 0.2) is 78.1 Å². The molecule has 12 heteroatoms. The molecule has 37 heavy (non-hydrogen) atoms. The Kier molecular flexibility index (Phi) is 6.79. The lowest BCUT2D eigenvalue weighted by Crippen LogP contribution is -2.19. The monoisotopic (exact) mass is 638 g/mol. The van der Waals surface area contributed by atoms with Crippen LogP contribution >= 0.6 is 22.6 Å². The number of nitrogens with one attached hydrogen (secondary N) is 1. The number of pyridine rings is 1. The van der Waals surface area contributed by atoms with Crippen LogP contribution < -0.4 is 9.46 Å². The molecule has 1 atom stereocenters. The molecule has 0 aliphatic carbocycles. The zero-order valence-electron chi connectivity index (χ0n) is 18.9. The number of nitrogens with zero attached hydrogens (tertiary/aromatic N) is 3. The molecule has 2 aromatic heterocycles. The first-order valence-electron chi connectivity index (χ1n) is 11.0. The molecule has 4 aromatic rings. The van der Waals surface area contributed by atoms with E-state index in [-0.39, 0.29) is 23.4 Å². The number of aromatic nitrogens is 3. The van der Waals surface area contributed by atoms with Crippen LogP contribution in [-0.2, 0) is 16.2 Å². The molecule has 0 fully saturated rings. The molecule has 0 saturated heterocycles. The molecule has 1 N–H and O–H groups in total. The summed E-state index contributed by atoms with van der Waals surface area (Å²) < 4.78 is 75.3. The van der Waals surface area contributed by atoms with E-state index in [1.165, 1.54) is 30.6 Å². The second-order valence-electron chi connectivity index (χ2n) is 8.24. The third-order valence-corrected chi connectivity index (χ3v) is 7.88. The van der Waals surface area contributed by atoms with E-state index < -0.39 is 21.8 Å². The Morgan fingerprint density at radius 1 is 0.973 bits per heavy atom. The maximum atomic E-state index is 13.6. The van der Waals surface area contributed by atoms with Gasteiger partial charge in [0.25, 0.3) is 10.0 Å². The molecule has 0 amide bonds. The fourth-order valence-electron chi connectivity index (χ4n) is 4.21. The summed E-state index contributed by atoms with van der Waals surface area (Å²) in [5.74, 6) is -0.0401. The van der Waals surface area contributed by atoms with Gasteiger partial charge < -0.3 is 4.74 Å². The van der Waals surface area contributed by atoms with Gasteiger partial charge >= 0.3 is 6.18 Å². The quantitative estimate of drug-likeness (QED) is 0.217. The number of rotatable bonds is 5. The lowest BCUT2D eigenvalue weighted by molar-refractivity contribution is -0.137. The first kappa shape index (κ1) is 25.4. The van der Waals surface area contributed by atoms with Gasteiger partial charge in [-0.15, -0.1) is 0 Å². The van der Waals surface area contributed by atoms with Gasteiger partial charge in [0.15, 0.2) is 0 Å². The first-order chi connectivity index (χ1) is 17.6. The van der Waals surface area contributed by atoms with E-state index in [1.807, 2.05) is 22.6 Å². The molecule has 190 valence electrons. The Hall–Kier alpha value is -3.26. The van der Waals surface area contributed by atoms with E-state index in [4.69, 9.17) is 4.74 Å². The third-order valence-electron chi connectivity index (χ3n) is 5.92. The largest absolute Gasteiger partial charge is 0.493 e. The van der Waals surface area contributed by atoms with Crippen molar-refractivity contribution in [3.05, 3.63) is 93.6 Å². The van der Waals surface area contributed by atoms with Gasteiger partial charge in [-0.25, -0.2) is 28.1 Å². The number of sulfonamides is 1. The maximum Gasteiger partial charge on any atom is 0.416 e. The van der Waals surface area contributed by atoms with Crippen molar-refractivity contribution < 1.29 is 26.3 Å². The van der Waals surface area contributed by atoms with E-state index in [0.29, 0.717) is 34.4 Å². The van der Waals surface area contributed by atoms with E-state index in [0.717, 1.165) is 15.8 Å². The molecule has 0 radical (unpaired) electrons. The number of ether oxygens (including phenoxy) is 1. The van der Waals surface area contributed by atoms with Crippen molar-refractivity contribution in [3.8, 4) is 16.9 Å². The van der Waals surface area contributed by atoms with Crippen LogP contribution in [-0.4, -0.2) is 30.0 Å². The van der Waals surface area contributed by atoms with Crippen molar-refractivity contribution in [2.45, 2.75) is 23.4 Å². The molecule has 7 nitrogen and oxygen atoms in total. The van der Waals surface area contributed by atoms with Gasteiger partial charge in [-0.05, 0) is 70.5 Å². The molecule has 0 saturated carbocycles. The highest BCUT2D eigenvalue weighted by Gasteiger charge is 2.33. The molecular formula is C25H18F3IN4O3S. The topological polar surface area (TPSA) is 94.1 Å². The van der Waals surface area contributed by atoms with Crippen molar-refractivity contribution in [2.24, 2.45) is 0 Å². The highest BCUT2D eigenvalue weighted by atomic mass is 127. The Morgan fingerprint density at radius 3 is 2.43 bits per heavy atom. The van der Waals surface area contributed by atoms with Crippen LogP contribution in [0.1, 0.15) is 29.0 Å². The number of fused-ring (bicyclic) bond motifs is 1. The molecule has 1 aliphatic heterocycles. The number of halogens is 4. The van der Waals surface area contributed by atoms with Gasteiger partial charge in [-0.3, -0.25) is 0 Å². The number of anilines is 1. The van der Waals surface area contributed by atoms with Gasteiger partial charge in [0.1, 0.15) is 9.45 Å². The van der Waals surface area contributed by atoms with Gasteiger partial charge in [0.05, 0.1) is 17.1 Å². The molecule has 3 heterocycles. The minimum Gasteiger partial charge on any atom is -0.493 e.